The second kappa shape index (κ2) is 4.57. The minimum atomic E-state index is 0.347. The van der Waals surface area contributed by atoms with Crippen molar-refractivity contribution in [3.05, 3.63) is 18.2 Å². The van der Waals surface area contributed by atoms with Gasteiger partial charge in [-0.25, -0.2) is 4.68 Å². The Labute approximate surface area is 107 Å². The molecule has 1 aliphatic heterocycles. The van der Waals surface area contributed by atoms with Crippen LogP contribution in [-0.4, -0.2) is 41.2 Å². The lowest BCUT2D eigenvalue weighted by atomic mass is 10.2. The van der Waals surface area contributed by atoms with E-state index in [0.717, 1.165) is 37.2 Å². The van der Waals surface area contributed by atoms with Gasteiger partial charge in [0.25, 0.3) is 0 Å². The van der Waals surface area contributed by atoms with Crippen LogP contribution in [-0.2, 0) is 0 Å². The highest BCUT2D eigenvalue weighted by Crippen LogP contribution is 2.22. The maximum Gasteiger partial charge on any atom is 0.115 e. The van der Waals surface area contributed by atoms with E-state index in [0.29, 0.717) is 6.04 Å². The average Bonchev–Trinajstić information content (AvgIpc) is 2.82. The fraction of sp³-hybridized carbons (Fsp3) is 0.538. The van der Waals surface area contributed by atoms with Gasteiger partial charge in [-0.1, -0.05) is 5.21 Å². The molecule has 96 valence electrons. The van der Waals surface area contributed by atoms with Crippen molar-refractivity contribution in [2.45, 2.75) is 19.9 Å². The molecule has 0 radical (unpaired) electrons. The predicted molar refractivity (Wildman–Crippen MR) is 73.0 cm³/mol. The van der Waals surface area contributed by atoms with Gasteiger partial charge in [0.05, 0.1) is 5.52 Å². The van der Waals surface area contributed by atoms with Crippen molar-refractivity contribution in [3.8, 4) is 0 Å². The molecule has 2 aromatic rings. The lowest BCUT2D eigenvalue weighted by Crippen LogP contribution is -2.43. The second-order valence-corrected chi connectivity index (χ2v) is 5.04. The van der Waals surface area contributed by atoms with Crippen LogP contribution in [0.3, 0.4) is 0 Å². The van der Waals surface area contributed by atoms with E-state index in [1.54, 1.807) is 0 Å². The van der Waals surface area contributed by atoms with Crippen LogP contribution in [0.4, 0.5) is 5.69 Å². The number of hydrogen-bond donors (Lipinski definition) is 1. The first-order chi connectivity index (χ1) is 8.75. The number of anilines is 1. The van der Waals surface area contributed by atoms with E-state index in [4.69, 9.17) is 0 Å². The van der Waals surface area contributed by atoms with Gasteiger partial charge in [0.2, 0.25) is 0 Å². The SMILES string of the molecule is CC(C)n1nnc2cc(N3CCNCC3)ccc21. The van der Waals surface area contributed by atoms with Crippen molar-refractivity contribution in [2.24, 2.45) is 0 Å². The molecule has 0 saturated carbocycles. The van der Waals surface area contributed by atoms with Gasteiger partial charge in [-0.2, -0.15) is 0 Å². The summed E-state index contributed by atoms with van der Waals surface area (Å²) in [6, 6.07) is 6.80. The largest absolute Gasteiger partial charge is 0.369 e. The first-order valence-corrected chi connectivity index (χ1v) is 6.56. The third-order valence-corrected chi connectivity index (χ3v) is 3.43. The van der Waals surface area contributed by atoms with Crippen molar-refractivity contribution >= 4 is 16.7 Å². The molecule has 5 heteroatoms. The maximum atomic E-state index is 4.27. The first kappa shape index (κ1) is 11.5. The molecule has 0 amide bonds. The number of fused-ring (bicyclic) bond motifs is 1. The van der Waals surface area contributed by atoms with Crippen molar-refractivity contribution < 1.29 is 0 Å². The molecule has 0 spiro atoms. The molecule has 1 N–H and O–H groups in total. The summed E-state index contributed by atoms with van der Waals surface area (Å²) in [5.74, 6) is 0. The number of nitrogens with zero attached hydrogens (tertiary/aromatic N) is 4. The molecular weight excluding hydrogens is 226 g/mol. The van der Waals surface area contributed by atoms with E-state index < -0.39 is 0 Å². The van der Waals surface area contributed by atoms with E-state index in [9.17, 15) is 0 Å². The molecule has 18 heavy (non-hydrogen) atoms. The number of hydrogen-bond acceptors (Lipinski definition) is 4. The molecule has 2 heterocycles. The van der Waals surface area contributed by atoms with E-state index in [-0.39, 0.29) is 0 Å². The van der Waals surface area contributed by atoms with Gasteiger partial charge in [-0.05, 0) is 32.0 Å². The molecule has 1 aromatic carbocycles. The molecule has 0 unspecified atom stereocenters. The topological polar surface area (TPSA) is 46.0 Å². The van der Waals surface area contributed by atoms with Crippen molar-refractivity contribution in [1.29, 1.82) is 0 Å². The van der Waals surface area contributed by atoms with Crippen LogP contribution >= 0.6 is 0 Å². The third kappa shape index (κ3) is 1.95. The van der Waals surface area contributed by atoms with Gasteiger partial charge < -0.3 is 10.2 Å². The Hall–Kier alpha value is -1.62. The van der Waals surface area contributed by atoms with Crippen molar-refractivity contribution in [2.75, 3.05) is 31.1 Å². The van der Waals surface area contributed by atoms with Crippen LogP contribution in [0.15, 0.2) is 18.2 Å². The molecule has 5 nitrogen and oxygen atoms in total. The highest BCUT2D eigenvalue weighted by molar-refractivity contribution is 5.79. The highest BCUT2D eigenvalue weighted by atomic mass is 15.4. The van der Waals surface area contributed by atoms with E-state index in [1.165, 1.54) is 5.69 Å². The monoisotopic (exact) mass is 245 g/mol. The molecular formula is C13H19N5. The summed E-state index contributed by atoms with van der Waals surface area (Å²) in [6.07, 6.45) is 0. The summed E-state index contributed by atoms with van der Waals surface area (Å²) in [6.45, 7) is 8.47. The fourth-order valence-electron chi connectivity index (χ4n) is 2.43. The number of aromatic nitrogens is 3. The minimum Gasteiger partial charge on any atom is -0.369 e. The minimum absolute atomic E-state index is 0.347. The number of piperazine rings is 1. The molecule has 1 saturated heterocycles. The summed E-state index contributed by atoms with van der Waals surface area (Å²) < 4.78 is 1.97. The predicted octanol–water partition coefficient (Wildman–Crippen LogP) is 1.42. The highest BCUT2D eigenvalue weighted by Gasteiger charge is 2.13. The van der Waals surface area contributed by atoms with Gasteiger partial charge in [0.1, 0.15) is 5.52 Å². The van der Waals surface area contributed by atoms with Crippen LogP contribution in [0, 0.1) is 0 Å². The average molecular weight is 245 g/mol. The second-order valence-electron chi connectivity index (χ2n) is 5.04. The molecule has 3 rings (SSSR count). The summed E-state index contributed by atoms with van der Waals surface area (Å²) in [7, 11) is 0. The normalized spacial score (nSPS) is 16.7. The van der Waals surface area contributed by atoms with Gasteiger partial charge in [-0.15, -0.1) is 5.10 Å². The van der Waals surface area contributed by atoms with Crippen LogP contribution in [0.2, 0.25) is 0 Å². The van der Waals surface area contributed by atoms with Gasteiger partial charge in [0, 0.05) is 37.9 Å². The molecule has 1 fully saturated rings. The molecule has 0 atom stereocenters. The Bertz CT molecular complexity index is 539. The van der Waals surface area contributed by atoms with E-state index in [2.05, 4.69) is 52.6 Å². The Balaban J connectivity index is 1.96. The Morgan fingerprint density at radius 3 is 2.72 bits per heavy atom. The Morgan fingerprint density at radius 2 is 2.00 bits per heavy atom. The number of benzene rings is 1. The van der Waals surface area contributed by atoms with Crippen LogP contribution in [0.25, 0.3) is 11.0 Å². The molecule has 1 aromatic heterocycles. The van der Waals surface area contributed by atoms with E-state index in [1.807, 2.05) is 4.68 Å². The summed E-state index contributed by atoms with van der Waals surface area (Å²) >= 11 is 0. The summed E-state index contributed by atoms with van der Waals surface area (Å²) in [4.78, 5) is 2.39. The molecule has 0 bridgehead atoms. The summed E-state index contributed by atoms with van der Waals surface area (Å²) in [5.41, 5.74) is 3.35. The lowest BCUT2D eigenvalue weighted by Gasteiger charge is -2.29. The van der Waals surface area contributed by atoms with Crippen LogP contribution in [0.5, 0.6) is 0 Å². The Morgan fingerprint density at radius 1 is 1.22 bits per heavy atom. The quantitative estimate of drug-likeness (QED) is 0.869. The number of nitrogens with one attached hydrogen (secondary N) is 1. The number of rotatable bonds is 2. The fourth-order valence-corrected chi connectivity index (χ4v) is 2.43. The summed E-state index contributed by atoms with van der Waals surface area (Å²) in [5, 5.41) is 11.8. The zero-order valence-electron chi connectivity index (χ0n) is 10.9. The Kier molecular flexibility index (Phi) is 2.91. The van der Waals surface area contributed by atoms with Gasteiger partial charge in [-0.3, -0.25) is 0 Å². The van der Waals surface area contributed by atoms with Crippen LogP contribution in [0.1, 0.15) is 19.9 Å². The van der Waals surface area contributed by atoms with Crippen molar-refractivity contribution in [3.63, 3.8) is 0 Å². The van der Waals surface area contributed by atoms with E-state index >= 15 is 0 Å². The lowest BCUT2D eigenvalue weighted by molar-refractivity contribution is 0.530. The van der Waals surface area contributed by atoms with Crippen LogP contribution < -0.4 is 10.2 Å². The zero-order chi connectivity index (χ0) is 12.5. The third-order valence-electron chi connectivity index (χ3n) is 3.43. The van der Waals surface area contributed by atoms with Gasteiger partial charge in [0.15, 0.2) is 0 Å². The maximum absolute atomic E-state index is 4.27. The zero-order valence-corrected chi connectivity index (χ0v) is 10.9. The standard InChI is InChI=1S/C13H19N5/c1-10(2)18-13-4-3-11(9-12(13)15-16-18)17-7-5-14-6-8-17/h3-4,9-10,14H,5-8H2,1-2H3. The first-order valence-electron chi connectivity index (χ1n) is 6.56. The van der Waals surface area contributed by atoms with Crippen molar-refractivity contribution in [1.82, 2.24) is 20.3 Å². The molecule has 0 aliphatic carbocycles. The molecule has 1 aliphatic rings. The smallest absolute Gasteiger partial charge is 0.115 e. The van der Waals surface area contributed by atoms with Gasteiger partial charge >= 0.3 is 0 Å².